The Morgan fingerprint density at radius 3 is 2.04 bits per heavy atom. The van der Waals surface area contributed by atoms with Crippen molar-refractivity contribution in [2.75, 3.05) is 0 Å². The summed E-state index contributed by atoms with van der Waals surface area (Å²) in [5.74, 6) is -0.101. The van der Waals surface area contributed by atoms with Gasteiger partial charge in [-0.3, -0.25) is 4.79 Å². The van der Waals surface area contributed by atoms with E-state index in [4.69, 9.17) is 0 Å². The van der Waals surface area contributed by atoms with Crippen LogP contribution in [0.25, 0.3) is 22.3 Å². The molecule has 0 N–H and O–H groups in total. The highest BCUT2D eigenvalue weighted by Crippen LogP contribution is 2.28. The van der Waals surface area contributed by atoms with Gasteiger partial charge < -0.3 is 0 Å². The summed E-state index contributed by atoms with van der Waals surface area (Å²) in [4.78, 5) is 12.1. The first-order chi connectivity index (χ1) is 13.6. The average Bonchev–Trinajstić information content (AvgIpc) is 2.73. The molecular weight excluding hydrogens is 347 g/mol. The van der Waals surface area contributed by atoms with Crippen LogP contribution in [-0.4, -0.2) is 5.78 Å². The summed E-state index contributed by atoms with van der Waals surface area (Å²) in [6.07, 6.45) is 4.64. The minimum absolute atomic E-state index is 0.149. The van der Waals surface area contributed by atoms with Gasteiger partial charge in [0, 0.05) is 17.5 Å². The highest BCUT2D eigenvalue weighted by molar-refractivity contribution is 5.96. The molecule has 0 aliphatic rings. The maximum absolute atomic E-state index is 14.8. The van der Waals surface area contributed by atoms with Crippen LogP contribution in [0.5, 0.6) is 0 Å². The Kier molecular flexibility index (Phi) is 6.76. The lowest BCUT2D eigenvalue weighted by atomic mass is 9.97. The van der Waals surface area contributed by atoms with Crippen LogP contribution in [0, 0.1) is 5.82 Å². The zero-order chi connectivity index (χ0) is 19.9. The van der Waals surface area contributed by atoms with E-state index in [2.05, 4.69) is 38.1 Å². The Morgan fingerprint density at radius 1 is 0.786 bits per heavy atom. The van der Waals surface area contributed by atoms with E-state index < -0.39 is 0 Å². The van der Waals surface area contributed by atoms with Crippen molar-refractivity contribution in [1.29, 1.82) is 0 Å². The van der Waals surface area contributed by atoms with Gasteiger partial charge in [0.1, 0.15) is 5.82 Å². The molecule has 28 heavy (non-hydrogen) atoms. The second-order valence-corrected chi connectivity index (χ2v) is 7.25. The summed E-state index contributed by atoms with van der Waals surface area (Å²) in [5.41, 5.74) is 5.23. The number of Topliss-reactive ketones (excluding diaryl/α,β-unsaturated/α-hetero) is 1. The summed E-state index contributed by atoms with van der Waals surface area (Å²) in [7, 11) is 0. The normalized spacial score (nSPS) is 10.8. The molecule has 0 amide bonds. The number of hydrogen-bond donors (Lipinski definition) is 0. The molecule has 0 aromatic heterocycles. The van der Waals surface area contributed by atoms with Crippen molar-refractivity contribution >= 4 is 5.78 Å². The minimum Gasteiger partial charge on any atom is -0.294 e. The molecule has 3 aromatic rings. The smallest absolute Gasteiger partial charge is 0.162 e. The number of carbonyl (C=O) groups is 1. The molecule has 0 radical (unpaired) electrons. The van der Waals surface area contributed by atoms with Gasteiger partial charge in [0.25, 0.3) is 0 Å². The monoisotopic (exact) mass is 374 g/mol. The van der Waals surface area contributed by atoms with E-state index in [-0.39, 0.29) is 11.6 Å². The lowest BCUT2D eigenvalue weighted by Crippen LogP contribution is -1.98. The van der Waals surface area contributed by atoms with Crippen LogP contribution < -0.4 is 0 Å². The first-order valence-electron chi connectivity index (χ1n) is 10.1. The fourth-order valence-corrected chi connectivity index (χ4v) is 3.40. The van der Waals surface area contributed by atoms with Crippen LogP contribution >= 0.6 is 0 Å². The van der Waals surface area contributed by atoms with Crippen molar-refractivity contribution in [1.82, 2.24) is 0 Å². The standard InChI is InChI=1S/C26H27FO/c1-3-5-7-26(28)22-14-12-21(13-15-22)24-17-16-23(18-25(24)27)20-10-8-19(6-4-2)9-11-20/h8-18H,3-7H2,1-2H3. The average molecular weight is 374 g/mol. The quantitative estimate of drug-likeness (QED) is 0.373. The molecule has 0 unspecified atom stereocenters. The van der Waals surface area contributed by atoms with Crippen molar-refractivity contribution in [2.45, 2.75) is 46.0 Å². The molecule has 3 aromatic carbocycles. The maximum atomic E-state index is 14.8. The second kappa shape index (κ2) is 9.45. The zero-order valence-electron chi connectivity index (χ0n) is 16.7. The van der Waals surface area contributed by atoms with Crippen LogP contribution in [0.15, 0.2) is 66.7 Å². The van der Waals surface area contributed by atoms with E-state index >= 15 is 0 Å². The van der Waals surface area contributed by atoms with Gasteiger partial charge in [-0.25, -0.2) is 4.39 Å². The van der Waals surface area contributed by atoms with E-state index in [0.29, 0.717) is 17.5 Å². The third-order valence-corrected chi connectivity index (χ3v) is 5.07. The molecule has 2 heteroatoms. The summed E-state index contributed by atoms with van der Waals surface area (Å²) in [5, 5.41) is 0. The second-order valence-electron chi connectivity index (χ2n) is 7.25. The molecule has 0 spiro atoms. The Balaban J connectivity index is 1.79. The number of ketones is 1. The van der Waals surface area contributed by atoms with Crippen molar-refractivity contribution in [2.24, 2.45) is 0 Å². The fraction of sp³-hybridized carbons (Fsp3) is 0.269. The van der Waals surface area contributed by atoms with Crippen molar-refractivity contribution in [3.05, 3.63) is 83.7 Å². The Hall–Kier alpha value is -2.74. The third-order valence-electron chi connectivity index (χ3n) is 5.07. The number of unbranched alkanes of at least 4 members (excludes halogenated alkanes) is 1. The third kappa shape index (κ3) is 4.75. The summed E-state index contributed by atoms with van der Waals surface area (Å²) in [6.45, 7) is 4.23. The lowest BCUT2D eigenvalue weighted by Gasteiger charge is -2.09. The first-order valence-corrected chi connectivity index (χ1v) is 10.1. The number of hydrogen-bond acceptors (Lipinski definition) is 1. The Morgan fingerprint density at radius 2 is 1.43 bits per heavy atom. The molecule has 0 fully saturated rings. The molecule has 0 bridgehead atoms. The molecular formula is C26H27FO. The van der Waals surface area contributed by atoms with Gasteiger partial charge >= 0.3 is 0 Å². The van der Waals surface area contributed by atoms with Crippen LogP contribution in [0.2, 0.25) is 0 Å². The first kappa shape index (κ1) is 20.0. The summed E-state index contributed by atoms with van der Waals surface area (Å²) < 4.78 is 14.8. The van der Waals surface area contributed by atoms with Crippen LogP contribution in [-0.2, 0) is 6.42 Å². The Labute approximate surface area is 167 Å². The predicted octanol–water partition coefficient (Wildman–Crippen LogP) is 7.49. The molecule has 0 heterocycles. The van der Waals surface area contributed by atoms with Gasteiger partial charge in [-0.1, -0.05) is 87.4 Å². The molecule has 0 atom stereocenters. The maximum Gasteiger partial charge on any atom is 0.162 e. The SMILES string of the molecule is CCCCC(=O)c1ccc(-c2ccc(-c3ccc(CCC)cc3)cc2F)cc1. The summed E-state index contributed by atoms with van der Waals surface area (Å²) in [6, 6.07) is 20.9. The predicted molar refractivity (Wildman–Crippen MR) is 115 cm³/mol. The lowest BCUT2D eigenvalue weighted by molar-refractivity contribution is 0.0980. The van der Waals surface area contributed by atoms with E-state index in [1.165, 1.54) is 5.56 Å². The van der Waals surface area contributed by atoms with E-state index in [0.717, 1.165) is 42.4 Å². The van der Waals surface area contributed by atoms with Gasteiger partial charge in [0.05, 0.1) is 0 Å². The largest absolute Gasteiger partial charge is 0.294 e. The molecule has 3 rings (SSSR count). The van der Waals surface area contributed by atoms with Gasteiger partial charge in [0.2, 0.25) is 0 Å². The van der Waals surface area contributed by atoms with Gasteiger partial charge in [-0.15, -0.1) is 0 Å². The topological polar surface area (TPSA) is 17.1 Å². The molecule has 0 saturated carbocycles. The number of halogens is 1. The van der Waals surface area contributed by atoms with E-state index in [1.807, 2.05) is 24.3 Å². The Bertz CT molecular complexity index is 924. The minimum atomic E-state index is -0.250. The van der Waals surface area contributed by atoms with E-state index in [9.17, 15) is 9.18 Å². The van der Waals surface area contributed by atoms with Crippen LogP contribution in [0.4, 0.5) is 4.39 Å². The van der Waals surface area contributed by atoms with Crippen molar-refractivity contribution in [3.8, 4) is 22.3 Å². The number of carbonyl (C=O) groups excluding carboxylic acids is 1. The highest BCUT2D eigenvalue weighted by Gasteiger charge is 2.10. The molecule has 1 nitrogen and oxygen atoms in total. The zero-order valence-corrected chi connectivity index (χ0v) is 16.7. The van der Waals surface area contributed by atoms with Crippen molar-refractivity contribution < 1.29 is 9.18 Å². The van der Waals surface area contributed by atoms with Gasteiger partial charge in [-0.2, -0.15) is 0 Å². The highest BCUT2D eigenvalue weighted by atomic mass is 19.1. The van der Waals surface area contributed by atoms with Gasteiger partial charge in [-0.05, 0) is 41.2 Å². The van der Waals surface area contributed by atoms with Crippen molar-refractivity contribution in [3.63, 3.8) is 0 Å². The number of benzene rings is 3. The number of aryl methyl sites for hydroxylation is 1. The molecule has 0 aliphatic carbocycles. The summed E-state index contributed by atoms with van der Waals surface area (Å²) >= 11 is 0. The van der Waals surface area contributed by atoms with E-state index in [1.54, 1.807) is 18.2 Å². The van der Waals surface area contributed by atoms with Crippen LogP contribution in [0.3, 0.4) is 0 Å². The van der Waals surface area contributed by atoms with Crippen LogP contribution in [0.1, 0.15) is 55.5 Å². The molecule has 144 valence electrons. The molecule has 0 saturated heterocycles. The van der Waals surface area contributed by atoms with Gasteiger partial charge in [0.15, 0.2) is 5.78 Å². The fourth-order valence-electron chi connectivity index (χ4n) is 3.40. The molecule has 0 aliphatic heterocycles. The number of rotatable bonds is 8.